The Morgan fingerprint density at radius 2 is 1.79 bits per heavy atom. The molecule has 24 heavy (non-hydrogen) atoms. The van der Waals surface area contributed by atoms with Gasteiger partial charge in [-0.15, -0.1) is 0 Å². The van der Waals surface area contributed by atoms with Crippen molar-refractivity contribution in [2.24, 2.45) is 5.41 Å². The molecule has 0 radical (unpaired) electrons. The minimum atomic E-state index is -1.33. The number of piperazine rings is 1. The maximum atomic E-state index is 11.9. The molecule has 9 nitrogen and oxygen atoms in total. The van der Waals surface area contributed by atoms with E-state index in [-0.39, 0.29) is 32.1 Å². The molecule has 0 aromatic heterocycles. The summed E-state index contributed by atoms with van der Waals surface area (Å²) in [7, 11) is 0. The van der Waals surface area contributed by atoms with Gasteiger partial charge in [0.15, 0.2) is 0 Å². The van der Waals surface area contributed by atoms with Gasteiger partial charge in [-0.1, -0.05) is 13.8 Å². The third-order valence-corrected chi connectivity index (χ3v) is 4.12. The van der Waals surface area contributed by atoms with Crippen LogP contribution >= 0.6 is 0 Å². The number of hydrogen-bond donors (Lipinski definition) is 5. The number of aliphatic hydroxyl groups is 3. The van der Waals surface area contributed by atoms with E-state index in [1.807, 2.05) is 5.01 Å². The van der Waals surface area contributed by atoms with Crippen molar-refractivity contribution in [2.75, 3.05) is 52.5 Å². The monoisotopic (exact) mass is 346 g/mol. The van der Waals surface area contributed by atoms with Crippen LogP contribution in [0.3, 0.4) is 0 Å². The molecule has 1 fully saturated rings. The molecule has 140 valence electrons. The lowest BCUT2D eigenvalue weighted by Gasteiger charge is -2.34. The molecular formula is C15H30N4O5. The van der Waals surface area contributed by atoms with Crippen LogP contribution in [0.1, 0.15) is 20.3 Å². The van der Waals surface area contributed by atoms with Crippen LogP contribution in [0.4, 0.5) is 0 Å². The molecule has 5 N–H and O–H groups in total. The molecule has 1 heterocycles. The number of amides is 2. The lowest BCUT2D eigenvalue weighted by molar-refractivity contribution is -0.137. The van der Waals surface area contributed by atoms with Crippen molar-refractivity contribution in [2.45, 2.75) is 26.4 Å². The first-order valence-electron chi connectivity index (χ1n) is 8.24. The smallest absolute Gasteiger partial charge is 0.249 e. The first kappa shape index (κ1) is 20.8. The Balaban J connectivity index is 2.22. The average molecular weight is 346 g/mol. The number of hydrazine groups is 1. The van der Waals surface area contributed by atoms with Gasteiger partial charge in [0, 0.05) is 51.1 Å². The van der Waals surface area contributed by atoms with E-state index in [2.05, 4.69) is 15.6 Å². The molecule has 2 amide bonds. The molecular weight excluding hydrogens is 316 g/mol. The Hall–Kier alpha value is -1.26. The van der Waals surface area contributed by atoms with E-state index in [1.165, 1.54) is 0 Å². The summed E-state index contributed by atoms with van der Waals surface area (Å²) < 4.78 is 0. The molecule has 0 unspecified atom stereocenters. The summed E-state index contributed by atoms with van der Waals surface area (Å²) in [6, 6.07) is 0. The molecule has 0 saturated carbocycles. The lowest BCUT2D eigenvalue weighted by Crippen LogP contribution is -2.54. The van der Waals surface area contributed by atoms with Gasteiger partial charge in [0.2, 0.25) is 11.8 Å². The van der Waals surface area contributed by atoms with Crippen molar-refractivity contribution in [3.05, 3.63) is 0 Å². The fourth-order valence-corrected chi connectivity index (χ4v) is 2.29. The molecule has 1 aliphatic heterocycles. The molecule has 1 aliphatic rings. The number of nitrogens with zero attached hydrogens (tertiary/aromatic N) is 2. The number of carbonyl (C=O) groups is 2. The van der Waals surface area contributed by atoms with Crippen LogP contribution in [0.5, 0.6) is 0 Å². The van der Waals surface area contributed by atoms with Gasteiger partial charge < -0.3 is 20.6 Å². The quantitative estimate of drug-likeness (QED) is 0.313. The second-order valence-corrected chi connectivity index (χ2v) is 6.68. The Bertz CT molecular complexity index is 411. The van der Waals surface area contributed by atoms with Crippen LogP contribution in [0.15, 0.2) is 0 Å². The van der Waals surface area contributed by atoms with Crippen molar-refractivity contribution in [1.82, 2.24) is 20.7 Å². The van der Waals surface area contributed by atoms with Crippen LogP contribution in [-0.2, 0) is 9.59 Å². The summed E-state index contributed by atoms with van der Waals surface area (Å²) in [5.41, 5.74) is 1.85. The number of β-amino-alcohol motifs (C(OH)–C–C–N with tert-alkyl or cyclic N) is 1. The number of hydrogen-bond acceptors (Lipinski definition) is 7. The zero-order valence-corrected chi connectivity index (χ0v) is 14.5. The standard InChI is InChI=1S/C15H30N4O5/c1-15(2,11-21)13(23)14(24)16-4-3-12(22)17-19-7-5-18(6-8-19)9-10-20/h13,20-21,23H,3-11H2,1-2H3,(H,16,24)(H,17,22)/t13-/m0/s1. The average Bonchev–Trinajstić information content (AvgIpc) is 2.56. The molecule has 0 bridgehead atoms. The normalized spacial score (nSPS) is 18.2. The van der Waals surface area contributed by atoms with Gasteiger partial charge in [-0.2, -0.15) is 0 Å². The van der Waals surface area contributed by atoms with E-state index in [4.69, 9.17) is 10.2 Å². The van der Waals surface area contributed by atoms with E-state index >= 15 is 0 Å². The Labute approximate surface area is 142 Å². The fourth-order valence-electron chi connectivity index (χ4n) is 2.29. The van der Waals surface area contributed by atoms with Crippen LogP contribution in [0.25, 0.3) is 0 Å². The van der Waals surface area contributed by atoms with Crippen molar-refractivity contribution >= 4 is 11.8 Å². The number of carbonyl (C=O) groups excluding carboxylic acids is 2. The third-order valence-electron chi connectivity index (χ3n) is 4.12. The summed E-state index contributed by atoms with van der Waals surface area (Å²) in [4.78, 5) is 25.8. The largest absolute Gasteiger partial charge is 0.396 e. The van der Waals surface area contributed by atoms with Crippen molar-refractivity contribution in [3.8, 4) is 0 Å². The molecule has 1 saturated heterocycles. The van der Waals surface area contributed by atoms with Gasteiger partial charge in [0.05, 0.1) is 13.2 Å². The van der Waals surface area contributed by atoms with Gasteiger partial charge in [0.1, 0.15) is 6.10 Å². The van der Waals surface area contributed by atoms with Crippen molar-refractivity contribution < 1.29 is 24.9 Å². The second kappa shape index (κ2) is 9.90. The fraction of sp³-hybridized carbons (Fsp3) is 0.867. The Morgan fingerprint density at radius 1 is 1.17 bits per heavy atom. The highest BCUT2D eigenvalue weighted by molar-refractivity contribution is 5.82. The summed E-state index contributed by atoms with van der Waals surface area (Å²) in [6.45, 7) is 6.66. The van der Waals surface area contributed by atoms with Gasteiger partial charge >= 0.3 is 0 Å². The topological polar surface area (TPSA) is 125 Å². The van der Waals surface area contributed by atoms with Crippen LogP contribution in [0.2, 0.25) is 0 Å². The van der Waals surface area contributed by atoms with Crippen LogP contribution in [0, 0.1) is 5.41 Å². The Morgan fingerprint density at radius 3 is 2.33 bits per heavy atom. The summed E-state index contributed by atoms with van der Waals surface area (Å²) in [6.07, 6.45) is -1.22. The first-order chi connectivity index (χ1) is 11.3. The highest BCUT2D eigenvalue weighted by Gasteiger charge is 2.32. The number of aliphatic hydroxyl groups excluding tert-OH is 3. The molecule has 0 aromatic rings. The number of rotatable bonds is 9. The second-order valence-electron chi connectivity index (χ2n) is 6.68. The van der Waals surface area contributed by atoms with Gasteiger partial charge in [-0.3, -0.25) is 19.9 Å². The molecule has 1 rings (SSSR count). The summed E-state index contributed by atoms with van der Waals surface area (Å²) in [5.74, 6) is -0.804. The Kier molecular flexibility index (Phi) is 8.57. The zero-order chi connectivity index (χ0) is 18.2. The highest BCUT2D eigenvalue weighted by Crippen LogP contribution is 2.19. The van der Waals surface area contributed by atoms with Crippen molar-refractivity contribution in [1.29, 1.82) is 0 Å². The lowest BCUT2D eigenvalue weighted by atomic mass is 9.87. The zero-order valence-electron chi connectivity index (χ0n) is 14.5. The van der Waals surface area contributed by atoms with Crippen LogP contribution < -0.4 is 10.7 Å². The summed E-state index contributed by atoms with van der Waals surface area (Å²) >= 11 is 0. The van der Waals surface area contributed by atoms with Gasteiger partial charge in [0.25, 0.3) is 0 Å². The van der Waals surface area contributed by atoms with E-state index in [0.717, 1.165) is 13.1 Å². The molecule has 9 heteroatoms. The highest BCUT2D eigenvalue weighted by atomic mass is 16.3. The molecule has 0 aromatic carbocycles. The minimum absolute atomic E-state index is 0.106. The van der Waals surface area contributed by atoms with E-state index < -0.39 is 17.4 Å². The van der Waals surface area contributed by atoms with Crippen molar-refractivity contribution in [3.63, 3.8) is 0 Å². The van der Waals surface area contributed by atoms with E-state index in [9.17, 15) is 14.7 Å². The molecule has 0 spiro atoms. The maximum absolute atomic E-state index is 11.9. The SMILES string of the molecule is CC(C)(CO)[C@@H](O)C(=O)NCCC(=O)NN1CCN(CCO)CC1. The van der Waals surface area contributed by atoms with E-state index in [1.54, 1.807) is 13.8 Å². The van der Waals surface area contributed by atoms with E-state index in [0.29, 0.717) is 19.6 Å². The molecule has 1 atom stereocenters. The van der Waals surface area contributed by atoms with Gasteiger partial charge in [-0.25, -0.2) is 5.01 Å². The first-order valence-corrected chi connectivity index (χ1v) is 8.24. The van der Waals surface area contributed by atoms with Gasteiger partial charge in [-0.05, 0) is 0 Å². The predicted octanol–water partition coefficient (Wildman–Crippen LogP) is -2.49. The summed E-state index contributed by atoms with van der Waals surface area (Å²) in [5, 5.41) is 32.2. The minimum Gasteiger partial charge on any atom is -0.396 e. The number of nitrogens with one attached hydrogen (secondary N) is 2. The predicted molar refractivity (Wildman–Crippen MR) is 87.7 cm³/mol. The third kappa shape index (κ3) is 6.70. The maximum Gasteiger partial charge on any atom is 0.249 e. The van der Waals surface area contributed by atoms with Crippen LogP contribution in [-0.4, -0.2) is 95.6 Å². The molecule has 0 aliphatic carbocycles.